The summed E-state index contributed by atoms with van der Waals surface area (Å²) in [5, 5.41) is 1.01. The van der Waals surface area contributed by atoms with Crippen LogP contribution in [0.3, 0.4) is 0 Å². The number of hydrogen-bond donors (Lipinski definition) is 0. The lowest BCUT2D eigenvalue weighted by atomic mass is 10.1. The van der Waals surface area contributed by atoms with Crippen LogP contribution in [0.1, 0.15) is 40.5 Å². The lowest BCUT2D eigenvalue weighted by Gasteiger charge is -2.02. The first-order valence-electron chi connectivity index (χ1n) is 4.42. The first kappa shape index (κ1) is 12.0. The van der Waals surface area contributed by atoms with Gasteiger partial charge in [0.05, 0.1) is 0 Å². The molecular weight excluding hydrogens is 212 g/mol. The van der Waals surface area contributed by atoms with Gasteiger partial charge in [0.25, 0.3) is 0 Å². The highest BCUT2D eigenvalue weighted by Gasteiger charge is 1.93. The largest absolute Gasteiger partial charge is 0.0880 e. The predicted molar refractivity (Wildman–Crippen MR) is 60.8 cm³/mol. The number of allylic oxidation sites excluding steroid dienone is 4. The molecule has 0 fully saturated rings. The molecule has 0 atom stereocenters. The Hall–Kier alpha value is -0.0400. The third-order valence-electron chi connectivity index (χ3n) is 2.00. The second-order valence-electron chi connectivity index (χ2n) is 3.51. The van der Waals surface area contributed by atoms with Crippen molar-refractivity contribution in [3.63, 3.8) is 0 Å². The van der Waals surface area contributed by atoms with Gasteiger partial charge in [-0.3, -0.25) is 0 Å². The quantitative estimate of drug-likeness (QED) is 0.494. The molecule has 0 aromatic rings. The van der Waals surface area contributed by atoms with Gasteiger partial charge in [0, 0.05) is 5.33 Å². The summed E-state index contributed by atoms with van der Waals surface area (Å²) in [6.07, 6.45) is 4.67. The van der Waals surface area contributed by atoms with Crippen LogP contribution >= 0.6 is 15.9 Å². The number of halogens is 1. The normalized spacial score (nSPS) is 12.4. The fourth-order valence-electron chi connectivity index (χ4n) is 0.905. The van der Waals surface area contributed by atoms with E-state index in [4.69, 9.17) is 0 Å². The summed E-state index contributed by atoms with van der Waals surface area (Å²) < 4.78 is 0. The molecule has 0 saturated carbocycles. The average molecular weight is 231 g/mol. The Balaban J connectivity index is 3.86. The van der Waals surface area contributed by atoms with Gasteiger partial charge < -0.3 is 0 Å². The van der Waals surface area contributed by atoms with Gasteiger partial charge in [0.1, 0.15) is 0 Å². The van der Waals surface area contributed by atoms with Crippen LogP contribution in [-0.4, -0.2) is 5.33 Å². The van der Waals surface area contributed by atoms with Crippen molar-refractivity contribution in [3.8, 4) is 0 Å². The van der Waals surface area contributed by atoms with E-state index >= 15 is 0 Å². The maximum Gasteiger partial charge on any atom is 0.0241 e. The molecule has 0 aliphatic heterocycles. The van der Waals surface area contributed by atoms with Crippen molar-refractivity contribution in [3.05, 3.63) is 22.8 Å². The minimum absolute atomic E-state index is 1.01. The van der Waals surface area contributed by atoms with Crippen molar-refractivity contribution in [2.24, 2.45) is 0 Å². The van der Waals surface area contributed by atoms with Gasteiger partial charge in [-0.05, 0) is 40.5 Å². The standard InChI is InChI=1S/C11H19Br/c1-9(2)6-5-7-10(3)11(4)8-12/h6H,5,7-8H2,1-4H3/b11-10+. The number of hydrogen-bond acceptors (Lipinski definition) is 0. The molecule has 70 valence electrons. The molecule has 0 heterocycles. The summed E-state index contributed by atoms with van der Waals surface area (Å²) in [6, 6.07) is 0. The molecule has 0 saturated heterocycles. The Bertz CT molecular complexity index is 183. The summed E-state index contributed by atoms with van der Waals surface area (Å²) >= 11 is 3.46. The van der Waals surface area contributed by atoms with Gasteiger partial charge in [-0.15, -0.1) is 0 Å². The molecule has 0 bridgehead atoms. The molecule has 0 amide bonds. The van der Waals surface area contributed by atoms with Crippen molar-refractivity contribution in [2.75, 3.05) is 5.33 Å². The highest BCUT2D eigenvalue weighted by Crippen LogP contribution is 2.13. The molecule has 0 aromatic carbocycles. The zero-order valence-corrected chi connectivity index (χ0v) is 10.2. The van der Waals surface area contributed by atoms with Crippen molar-refractivity contribution in [1.29, 1.82) is 0 Å². The minimum Gasteiger partial charge on any atom is -0.0880 e. The van der Waals surface area contributed by atoms with E-state index in [9.17, 15) is 0 Å². The first-order chi connectivity index (χ1) is 5.57. The molecule has 1 heteroatoms. The van der Waals surface area contributed by atoms with Crippen molar-refractivity contribution < 1.29 is 0 Å². The summed E-state index contributed by atoms with van der Waals surface area (Å²) in [7, 11) is 0. The zero-order valence-electron chi connectivity index (χ0n) is 8.58. The summed E-state index contributed by atoms with van der Waals surface area (Å²) in [5.74, 6) is 0. The van der Waals surface area contributed by atoms with E-state index in [0.717, 1.165) is 5.33 Å². The van der Waals surface area contributed by atoms with Gasteiger partial charge in [-0.1, -0.05) is 38.7 Å². The van der Waals surface area contributed by atoms with E-state index in [-0.39, 0.29) is 0 Å². The lowest BCUT2D eigenvalue weighted by Crippen LogP contribution is -1.85. The summed E-state index contributed by atoms with van der Waals surface area (Å²) in [5.41, 5.74) is 4.40. The van der Waals surface area contributed by atoms with Crippen LogP contribution in [0, 0.1) is 0 Å². The second kappa shape index (κ2) is 6.47. The maximum absolute atomic E-state index is 3.46. The van der Waals surface area contributed by atoms with Crippen molar-refractivity contribution in [1.82, 2.24) is 0 Å². The molecule has 0 aliphatic rings. The third kappa shape index (κ3) is 5.59. The van der Waals surface area contributed by atoms with Crippen LogP contribution in [0.2, 0.25) is 0 Å². The topological polar surface area (TPSA) is 0 Å². The molecule has 12 heavy (non-hydrogen) atoms. The van der Waals surface area contributed by atoms with Crippen LogP contribution in [0.25, 0.3) is 0 Å². The van der Waals surface area contributed by atoms with E-state index in [1.54, 1.807) is 0 Å². The molecule has 0 radical (unpaired) electrons. The molecule has 0 nitrogen and oxygen atoms in total. The Morgan fingerprint density at radius 2 is 1.67 bits per heavy atom. The highest BCUT2D eigenvalue weighted by atomic mass is 79.9. The molecule has 0 N–H and O–H groups in total. The van der Waals surface area contributed by atoms with Crippen LogP contribution in [0.4, 0.5) is 0 Å². The molecular formula is C11H19Br. The smallest absolute Gasteiger partial charge is 0.0241 e. The molecule has 0 unspecified atom stereocenters. The Labute approximate surface area is 84.9 Å². The van der Waals surface area contributed by atoms with Gasteiger partial charge in [0.15, 0.2) is 0 Å². The second-order valence-corrected chi connectivity index (χ2v) is 4.08. The van der Waals surface area contributed by atoms with E-state index in [0.29, 0.717) is 0 Å². The van der Waals surface area contributed by atoms with Crippen molar-refractivity contribution in [2.45, 2.75) is 40.5 Å². The van der Waals surface area contributed by atoms with E-state index < -0.39 is 0 Å². The highest BCUT2D eigenvalue weighted by molar-refractivity contribution is 9.09. The zero-order chi connectivity index (χ0) is 9.56. The van der Waals surface area contributed by atoms with Gasteiger partial charge >= 0.3 is 0 Å². The van der Waals surface area contributed by atoms with Gasteiger partial charge in [-0.2, -0.15) is 0 Å². The van der Waals surface area contributed by atoms with E-state index in [2.05, 4.69) is 49.7 Å². The van der Waals surface area contributed by atoms with Crippen molar-refractivity contribution >= 4 is 15.9 Å². The maximum atomic E-state index is 3.46. The fraction of sp³-hybridized carbons (Fsp3) is 0.636. The van der Waals surface area contributed by atoms with E-state index in [1.165, 1.54) is 29.6 Å². The first-order valence-corrected chi connectivity index (χ1v) is 5.54. The number of alkyl halides is 1. The summed E-state index contributed by atoms with van der Waals surface area (Å²) in [4.78, 5) is 0. The Kier molecular flexibility index (Phi) is 6.45. The van der Waals surface area contributed by atoms with Crippen LogP contribution in [-0.2, 0) is 0 Å². The van der Waals surface area contributed by atoms with Gasteiger partial charge in [-0.25, -0.2) is 0 Å². The fourth-order valence-corrected chi connectivity index (χ4v) is 1.38. The van der Waals surface area contributed by atoms with E-state index in [1.807, 2.05) is 0 Å². The predicted octanol–water partition coefficient (Wildman–Crippen LogP) is 4.46. The van der Waals surface area contributed by atoms with Crippen LogP contribution < -0.4 is 0 Å². The number of rotatable bonds is 4. The molecule has 0 aromatic heterocycles. The molecule has 0 rings (SSSR count). The van der Waals surface area contributed by atoms with Crippen LogP contribution in [0.15, 0.2) is 22.8 Å². The average Bonchev–Trinajstić information content (AvgIpc) is 2.02. The third-order valence-corrected chi connectivity index (χ3v) is 2.84. The Morgan fingerprint density at radius 3 is 2.08 bits per heavy atom. The lowest BCUT2D eigenvalue weighted by molar-refractivity contribution is 0.947. The molecule has 0 spiro atoms. The SMILES string of the molecule is CC(C)=CCC/C(C)=C(\C)CBr. The Morgan fingerprint density at radius 1 is 1.08 bits per heavy atom. The van der Waals surface area contributed by atoms with Crippen LogP contribution in [0.5, 0.6) is 0 Å². The monoisotopic (exact) mass is 230 g/mol. The summed E-state index contributed by atoms with van der Waals surface area (Å²) in [6.45, 7) is 8.70. The minimum atomic E-state index is 1.01. The molecule has 0 aliphatic carbocycles. The van der Waals surface area contributed by atoms with Gasteiger partial charge in [0.2, 0.25) is 0 Å².